The quantitative estimate of drug-likeness (QED) is 0.194. The summed E-state index contributed by atoms with van der Waals surface area (Å²) in [5.41, 5.74) is 6.58. The van der Waals surface area contributed by atoms with Crippen molar-refractivity contribution < 1.29 is 29.4 Å². The van der Waals surface area contributed by atoms with E-state index in [0.29, 0.717) is 17.7 Å². The summed E-state index contributed by atoms with van der Waals surface area (Å²) >= 11 is 0. The number of phenols is 1. The number of carboxylic acid groups (broad SMARTS) is 1. The minimum absolute atomic E-state index is 0.0151. The standard InChI is InChI=1S/C23H32N6O6/c1-3-13(2)20(23(34)35)29-22(33)18(9-15-11-25-12-26-15)28-21(32)17(27-19(31)10-24)8-14-4-6-16(30)7-5-14/h4-7,11-13,17-18,20,30H,3,8-10,24H2,1-2H3,(H,25,26)(H,27,31)(H,28,32)(H,29,33)(H,34,35). The number of hydrogen-bond acceptors (Lipinski definition) is 7. The number of nitrogens with zero attached hydrogens (tertiary/aromatic N) is 1. The average molecular weight is 489 g/mol. The van der Waals surface area contributed by atoms with E-state index in [2.05, 4.69) is 25.9 Å². The molecule has 0 aliphatic heterocycles. The number of hydrogen-bond donors (Lipinski definition) is 7. The SMILES string of the molecule is CCC(C)C(NC(=O)C(Cc1cnc[nH]1)NC(=O)C(Cc1ccc(O)cc1)NC(=O)CN)C(=O)O. The van der Waals surface area contributed by atoms with Crippen LogP contribution in [0.3, 0.4) is 0 Å². The summed E-state index contributed by atoms with van der Waals surface area (Å²) in [4.78, 5) is 56.7. The summed E-state index contributed by atoms with van der Waals surface area (Å²) in [7, 11) is 0. The molecule has 3 amide bonds. The summed E-state index contributed by atoms with van der Waals surface area (Å²) in [6.45, 7) is 3.18. The van der Waals surface area contributed by atoms with E-state index < -0.39 is 41.8 Å². The van der Waals surface area contributed by atoms with Crippen molar-refractivity contribution in [3.63, 3.8) is 0 Å². The van der Waals surface area contributed by atoms with Crippen molar-refractivity contribution >= 4 is 23.7 Å². The van der Waals surface area contributed by atoms with E-state index in [4.69, 9.17) is 5.73 Å². The second-order valence-corrected chi connectivity index (χ2v) is 8.25. The summed E-state index contributed by atoms with van der Waals surface area (Å²) in [5, 5.41) is 26.7. The van der Waals surface area contributed by atoms with Crippen molar-refractivity contribution in [1.82, 2.24) is 25.9 Å². The minimum atomic E-state index is -1.18. The lowest BCUT2D eigenvalue weighted by Crippen LogP contribution is -2.58. The molecule has 1 heterocycles. The highest BCUT2D eigenvalue weighted by molar-refractivity contribution is 5.94. The molecule has 0 aliphatic rings. The number of aromatic amines is 1. The van der Waals surface area contributed by atoms with Crippen molar-refractivity contribution in [2.45, 2.75) is 51.2 Å². The van der Waals surface area contributed by atoms with E-state index in [-0.39, 0.29) is 31.1 Å². The van der Waals surface area contributed by atoms with E-state index in [1.165, 1.54) is 24.7 Å². The van der Waals surface area contributed by atoms with Crippen molar-refractivity contribution in [2.75, 3.05) is 6.54 Å². The van der Waals surface area contributed by atoms with Gasteiger partial charge in [0.1, 0.15) is 23.9 Å². The normalized spacial score (nSPS) is 14.3. The molecule has 35 heavy (non-hydrogen) atoms. The monoisotopic (exact) mass is 488 g/mol. The molecule has 0 bridgehead atoms. The second kappa shape index (κ2) is 13.1. The fraction of sp³-hybridized carbons (Fsp3) is 0.435. The Bertz CT molecular complexity index is 994. The van der Waals surface area contributed by atoms with Gasteiger partial charge in [-0.2, -0.15) is 0 Å². The average Bonchev–Trinajstić information content (AvgIpc) is 3.35. The van der Waals surface area contributed by atoms with Crippen LogP contribution in [0.15, 0.2) is 36.8 Å². The molecule has 12 nitrogen and oxygen atoms in total. The molecule has 0 fully saturated rings. The Labute approximate surface area is 202 Å². The third kappa shape index (κ3) is 8.41. The van der Waals surface area contributed by atoms with Crippen molar-refractivity contribution in [3.05, 3.63) is 48.0 Å². The van der Waals surface area contributed by atoms with Gasteiger partial charge >= 0.3 is 5.97 Å². The Hall–Kier alpha value is -3.93. The number of benzene rings is 1. The van der Waals surface area contributed by atoms with Gasteiger partial charge in [-0.3, -0.25) is 14.4 Å². The number of phenolic OH excluding ortho intramolecular Hbond substituents is 1. The van der Waals surface area contributed by atoms with E-state index in [9.17, 15) is 29.4 Å². The van der Waals surface area contributed by atoms with Crippen molar-refractivity contribution in [2.24, 2.45) is 11.7 Å². The maximum Gasteiger partial charge on any atom is 0.326 e. The van der Waals surface area contributed by atoms with Crippen LogP contribution in [-0.2, 0) is 32.0 Å². The summed E-state index contributed by atoms with van der Waals surface area (Å²) in [6, 6.07) is 2.74. The van der Waals surface area contributed by atoms with Gasteiger partial charge in [-0.05, 0) is 23.6 Å². The van der Waals surface area contributed by atoms with Crippen LogP contribution >= 0.6 is 0 Å². The third-order valence-corrected chi connectivity index (χ3v) is 5.60. The van der Waals surface area contributed by atoms with Crippen LogP contribution in [0.4, 0.5) is 0 Å². The molecule has 4 atom stereocenters. The second-order valence-electron chi connectivity index (χ2n) is 8.25. The highest BCUT2D eigenvalue weighted by atomic mass is 16.4. The number of nitrogens with two attached hydrogens (primary N) is 1. The molecule has 1 aromatic carbocycles. The Morgan fingerprint density at radius 1 is 1.03 bits per heavy atom. The Kier molecular flexibility index (Phi) is 10.2. The predicted octanol–water partition coefficient (Wildman–Crippen LogP) is -0.556. The summed E-state index contributed by atoms with van der Waals surface area (Å²) < 4.78 is 0. The topological polar surface area (TPSA) is 200 Å². The number of rotatable bonds is 13. The van der Waals surface area contributed by atoms with Crippen LogP contribution in [0, 0.1) is 5.92 Å². The highest BCUT2D eigenvalue weighted by Gasteiger charge is 2.31. The van der Waals surface area contributed by atoms with Crippen LogP contribution in [-0.4, -0.2) is 68.5 Å². The molecule has 2 rings (SSSR count). The van der Waals surface area contributed by atoms with Crippen LogP contribution in [0.25, 0.3) is 0 Å². The van der Waals surface area contributed by atoms with Crippen LogP contribution in [0.1, 0.15) is 31.5 Å². The molecule has 12 heteroatoms. The summed E-state index contributed by atoms with van der Waals surface area (Å²) in [5.74, 6) is -3.39. The largest absolute Gasteiger partial charge is 0.508 e. The zero-order valence-electron chi connectivity index (χ0n) is 19.7. The fourth-order valence-electron chi connectivity index (χ4n) is 3.37. The Morgan fingerprint density at radius 2 is 1.66 bits per heavy atom. The van der Waals surface area contributed by atoms with Crippen molar-refractivity contribution in [3.8, 4) is 5.75 Å². The van der Waals surface area contributed by atoms with Crippen LogP contribution in [0.5, 0.6) is 5.75 Å². The van der Waals surface area contributed by atoms with Gasteiger partial charge in [-0.1, -0.05) is 32.4 Å². The smallest absolute Gasteiger partial charge is 0.326 e. The molecule has 0 saturated heterocycles. The van der Waals surface area contributed by atoms with Gasteiger partial charge < -0.3 is 36.9 Å². The van der Waals surface area contributed by atoms with E-state index in [0.717, 1.165) is 0 Å². The number of carbonyl (C=O) groups excluding carboxylic acids is 3. The number of carboxylic acids is 1. The number of imidazole rings is 1. The maximum absolute atomic E-state index is 13.2. The number of aromatic nitrogens is 2. The first-order valence-corrected chi connectivity index (χ1v) is 11.2. The zero-order chi connectivity index (χ0) is 26.0. The molecular weight excluding hydrogens is 456 g/mol. The lowest BCUT2D eigenvalue weighted by atomic mass is 9.98. The van der Waals surface area contributed by atoms with E-state index >= 15 is 0 Å². The number of amides is 3. The van der Waals surface area contributed by atoms with Crippen molar-refractivity contribution in [1.29, 1.82) is 0 Å². The maximum atomic E-state index is 13.2. The van der Waals surface area contributed by atoms with Gasteiger partial charge in [-0.25, -0.2) is 9.78 Å². The number of aliphatic carboxylic acids is 1. The predicted molar refractivity (Wildman–Crippen MR) is 126 cm³/mol. The van der Waals surface area contributed by atoms with Gasteiger partial charge in [-0.15, -0.1) is 0 Å². The number of carbonyl (C=O) groups is 4. The molecular formula is C23H32N6O6. The van der Waals surface area contributed by atoms with E-state index in [1.807, 2.05) is 6.92 Å². The molecule has 190 valence electrons. The first-order valence-electron chi connectivity index (χ1n) is 11.2. The van der Waals surface area contributed by atoms with Gasteiger partial charge in [0.25, 0.3) is 0 Å². The third-order valence-electron chi connectivity index (χ3n) is 5.60. The van der Waals surface area contributed by atoms with Gasteiger partial charge in [0.2, 0.25) is 17.7 Å². The van der Waals surface area contributed by atoms with Gasteiger partial charge in [0.15, 0.2) is 0 Å². The number of nitrogens with one attached hydrogen (secondary N) is 4. The molecule has 0 saturated carbocycles. The molecule has 0 aliphatic carbocycles. The molecule has 0 radical (unpaired) electrons. The van der Waals surface area contributed by atoms with Crippen LogP contribution < -0.4 is 21.7 Å². The molecule has 4 unspecified atom stereocenters. The molecule has 0 spiro atoms. The minimum Gasteiger partial charge on any atom is -0.508 e. The van der Waals surface area contributed by atoms with E-state index in [1.54, 1.807) is 19.1 Å². The molecule has 2 aromatic rings. The van der Waals surface area contributed by atoms with Crippen LogP contribution in [0.2, 0.25) is 0 Å². The molecule has 1 aromatic heterocycles. The first kappa shape index (κ1) is 27.3. The first-order chi connectivity index (χ1) is 16.6. The lowest BCUT2D eigenvalue weighted by Gasteiger charge is -2.26. The highest BCUT2D eigenvalue weighted by Crippen LogP contribution is 2.12. The zero-order valence-corrected chi connectivity index (χ0v) is 19.7. The number of H-pyrrole nitrogens is 1. The number of aromatic hydroxyl groups is 1. The van der Waals surface area contributed by atoms with Gasteiger partial charge in [0, 0.05) is 24.7 Å². The lowest BCUT2D eigenvalue weighted by molar-refractivity contribution is -0.143. The Balaban J connectivity index is 2.25. The summed E-state index contributed by atoms with van der Waals surface area (Å²) in [6.07, 6.45) is 3.51. The molecule has 8 N–H and O–H groups in total. The Morgan fingerprint density at radius 3 is 2.20 bits per heavy atom. The fourth-order valence-corrected chi connectivity index (χ4v) is 3.37. The van der Waals surface area contributed by atoms with Gasteiger partial charge in [0.05, 0.1) is 12.9 Å².